The zero-order chi connectivity index (χ0) is 21.7. The Balaban J connectivity index is 1.37. The van der Waals surface area contributed by atoms with E-state index in [1.807, 2.05) is 30.3 Å². The molecule has 32 heavy (non-hydrogen) atoms. The third-order valence-corrected chi connectivity index (χ3v) is 7.17. The Morgan fingerprint density at radius 2 is 1.72 bits per heavy atom. The average molecular weight is 427 g/mol. The van der Waals surface area contributed by atoms with E-state index in [1.54, 1.807) is 23.1 Å². The molecule has 158 valence electrons. The van der Waals surface area contributed by atoms with Crippen LogP contribution in [0.5, 0.6) is 11.5 Å². The van der Waals surface area contributed by atoms with Gasteiger partial charge in [-0.3, -0.25) is 9.59 Å². The zero-order valence-corrected chi connectivity index (χ0v) is 17.1. The highest BCUT2D eigenvalue weighted by Crippen LogP contribution is 2.57. The van der Waals surface area contributed by atoms with Crippen molar-refractivity contribution >= 4 is 17.4 Å². The second-order valence-corrected chi connectivity index (χ2v) is 9.00. The molecule has 3 aliphatic heterocycles. The summed E-state index contributed by atoms with van der Waals surface area (Å²) in [5, 5.41) is 0. The van der Waals surface area contributed by atoms with E-state index in [4.69, 9.17) is 9.47 Å². The van der Waals surface area contributed by atoms with Crippen molar-refractivity contribution in [3.8, 4) is 11.5 Å². The molecule has 1 amide bonds. The van der Waals surface area contributed by atoms with Crippen molar-refractivity contribution < 1.29 is 23.5 Å². The number of hydrogen-bond donors (Lipinski definition) is 0. The van der Waals surface area contributed by atoms with Gasteiger partial charge in [-0.1, -0.05) is 30.3 Å². The maximum Gasteiger partial charge on any atom is 0.246 e. The van der Waals surface area contributed by atoms with Crippen LogP contribution in [0.25, 0.3) is 0 Å². The lowest BCUT2D eigenvalue weighted by atomic mass is 9.76. The highest BCUT2D eigenvalue weighted by molar-refractivity contribution is 6.13. The highest BCUT2D eigenvalue weighted by atomic mass is 19.1. The van der Waals surface area contributed by atoms with Crippen molar-refractivity contribution in [2.45, 2.75) is 30.4 Å². The second kappa shape index (κ2) is 5.76. The van der Waals surface area contributed by atoms with E-state index in [9.17, 15) is 14.0 Å². The Bertz CT molecular complexity index is 1340. The number of halogens is 1. The predicted octanol–water partition coefficient (Wildman–Crippen LogP) is 4.16. The Morgan fingerprint density at radius 1 is 0.938 bits per heavy atom. The molecule has 0 aromatic heterocycles. The first-order valence-electron chi connectivity index (χ1n) is 10.7. The molecule has 1 atom stereocenters. The Labute approximate surface area is 183 Å². The first-order valence-corrected chi connectivity index (χ1v) is 10.7. The molecule has 1 aliphatic carbocycles. The monoisotopic (exact) mass is 427 g/mol. The zero-order valence-electron chi connectivity index (χ0n) is 17.1. The molecule has 3 aromatic carbocycles. The van der Waals surface area contributed by atoms with E-state index in [2.05, 4.69) is 0 Å². The lowest BCUT2D eigenvalue weighted by Crippen LogP contribution is -2.42. The Kier molecular flexibility index (Phi) is 3.23. The molecular weight excluding hydrogens is 409 g/mol. The van der Waals surface area contributed by atoms with Crippen LogP contribution >= 0.6 is 0 Å². The van der Waals surface area contributed by atoms with Gasteiger partial charge in [-0.15, -0.1) is 0 Å². The standard InChI is InChI=1S/C26H18FNO4/c27-16-7-5-15(6-8-16)13-28-20-4-2-1-3-18(20)26(24(28)30)14-31-22-12-21-17(11-19(22)26)23(29)25(32-21)9-10-25/h1-8,11-12H,9-10,13-14H2. The molecule has 3 aromatic rings. The van der Waals surface area contributed by atoms with Gasteiger partial charge in [-0.25, -0.2) is 4.39 Å². The number of fused-ring (bicyclic) bond motifs is 5. The minimum atomic E-state index is -1.01. The second-order valence-electron chi connectivity index (χ2n) is 9.00. The molecule has 1 unspecified atom stereocenters. The van der Waals surface area contributed by atoms with Gasteiger partial charge in [0.2, 0.25) is 11.7 Å². The molecule has 0 bridgehead atoms. The van der Waals surface area contributed by atoms with Crippen molar-refractivity contribution in [3.63, 3.8) is 0 Å². The fourth-order valence-corrected chi connectivity index (χ4v) is 5.34. The number of ether oxygens (including phenoxy) is 2. The smallest absolute Gasteiger partial charge is 0.246 e. The fraction of sp³-hybridized carbons (Fsp3) is 0.231. The molecule has 3 heterocycles. The van der Waals surface area contributed by atoms with Gasteiger partial charge >= 0.3 is 0 Å². The van der Waals surface area contributed by atoms with Gasteiger partial charge in [0.05, 0.1) is 12.1 Å². The van der Waals surface area contributed by atoms with Crippen LogP contribution in [0.2, 0.25) is 0 Å². The summed E-state index contributed by atoms with van der Waals surface area (Å²) in [4.78, 5) is 28.7. The SMILES string of the molecule is O=C1c2cc3c(cc2OC12CC2)OCC31C(=O)N(Cc2ccc(F)cc2)c2ccccc21. The first-order chi connectivity index (χ1) is 15.5. The third kappa shape index (κ3) is 2.12. The quantitative estimate of drug-likeness (QED) is 0.616. The van der Waals surface area contributed by atoms with Gasteiger partial charge in [0.15, 0.2) is 5.60 Å². The summed E-state index contributed by atoms with van der Waals surface area (Å²) in [5.41, 5.74) is 2.04. The van der Waals surface area contributed by atoms with Crippen LogP contribution in [0, 0.1) is 5.82 Å². The van der Waals surface area contributed by atoms with Crippen LogP contribution in [-0.2, 0) is 16.8 Å². The van der Waals surface area contributed by atoms with Crippen molar-refractivity contribution in [1.29, 1.82) is 0 Å². The van der Waals surface area contributed by atoms with Crippen molar-refractivity contribution in [1.82, 2.24) is 0 Å². The van der Waals surface area contributed by atoms with Crippen molar-refractivity contribution in [3.05, 3.63) is 88.7 Å². The number of carbonyl (C=O) groups excluding carboxylic acids is 2. The van der Waals surface area contributed by atoms with Crippen LogP contribution in [0.4, 0.5) is 10.1 Å². The predicted molar refractivity (Wildman–Crippen MR) is 114 cm³/mol. The minimum absolute atomic E-state index is 0.000695. The summed E-state index contributed by atoms with van der Waals surface area (Å²) in [6.07, 6.45) is 1.45. The highest BCUT2D eigenvalue weighted by Gasteiger charge is 2.61. The van der Waals surface area contributed by atoms with Gasteiger partial charge in [0, 0.05) is 17.3 Å². The van der Waals surface area contributed by atoms with E-state index < -0.39 is 11.0 Å². The maximum atomic E-state index is 14.0. The number of carbonyl (C=O) groups is 2. The van der Waals surface area contributed by atoms with Crippen molar-refractivity contribution in [2.75, 3.05) is 11.5 Å². The average Bonchev–Trinajstić information content (AvgIpc) is 3.34. The van der Waals surface area contributed by atoms with Gasteiger partial charge in [-0.05, 0) is 48.2 Å². The van der Waals surface area contributed by atoms with Gasteiger partial charge in [-0.2, -0.15) is 0 Å². The summed E-state index contributed by atoms with van der Waals surface area (Å²) in [6, 6.07) is 17.4. The molecule has 7 rings (SSSR count). The number of rotatable bonds is 2. The summed E-state index contributed by atoms with van der Waals surface area (Å²) in [6.45, 7) is 0.490. The van der Waals surface area contributed by atoms with E-state index in [1.165, 1.54) is 12.1 Å². The Hall–Kier alpha value is -3.67. The molecule has 2 spiro atoms. The number of anilines is 1. The van der Waals surface area contributed by atoms with Gasteiger partial charge in [0.1, 0.15) is 29.3 Å². The molecule has 6 heteroatoms. The number of Topliss-reactive ketones (excluding diaryl/α,β-unsaturated/α-hetero) is 1. The van der Waals surface area contributed by atoms with E-state index in [0.29, 0.717) is 29.2 Å². The summed E-state index contributed by atoms with van der Waals surface area (Å²) < 4.78 is 25.4. The molecule has 4 aliphatic rings. The van der Waals surface area contributed by atoms with Crippen LogP contribution in [0.1, 0.15) is 39.9 Å². The molecular formula is C26H18FNO4. The fourth-order valence-electron chi connectivity index (χ4n) is 5.34. The molecule has 1 fully saturated rings. The van der Waals surface area contributed by atoms with E-state index in [-0.39, 0.29) is 24.1 Å². The van der Waals surface area contributed by atoms with E-state index in [0.717, 1.165) is 29.7 Å². The number of hydrogen-bond acceptors (Lipinski definition) is 4. The lowest BCUT2D eigenvalue weighted by molar-refractivity contribution is -0.122. The van der Waals surface area contributed by atoms with E-state index >= 15 is 0 Å². The third-order valence-electron chi connectivity index (χ3n) is 7.17. The molecule has 0 saturated heterocycles. The molecule has 0 N–H and O–H groups in total. The van der Waals surface area contributed by atoms with Crippen LogP contribution in [-0.4, -0.2) is 23.9 Å². The normalized spacial score (nSPS) is 23.2. The topological polar surface area (TPSA) is 55.8 Å². The minimum Gasteiger partial charge on any atom is -0.491 e. The van der Waals surface area contributed by atoms with Crippen LogP contribution in [0.15, 0.2) is 60.7 Å². The van der Waals surface area contributed by atoms with Crippen LogP contribution < -0.4 is 14.4 Å². The first kappa shape index (κ1) is 18.0. The lowest BCUT2D eigenvalue weighted by Gasteiger charge is -2.23. The Morgan fingerprint density at radius 3 is 2.50 bits per heavy atom. The van der Waals surface area contributed by atoms with Crippen LogP contribution in [0.3, 0.4) is 0 Å². The molecule has 0 radical (unpaired) electrons. The number of amides is 1. The number of nitrogens with zero attached hydrogens (tertiary/aromatic N) is 1. The largest absolute Gasteiger partial charge is 0.491 e. The van der Waals surface area contributed by atoms with Gasteiger partial charge in [0.25, 0.3) is 0 Å². The summed E-state index contributed by atoms with van der Waals surface area (Å²) >= 11 is 0. The summed E-state index contributed by atoms with van der Waals surface area (Å²) in [7, 11) is 0. The summed E-state index contributed by atoms with van der Waals surface area (Å²) in [5.74, 6) is 0.713. The molecule has 5 nitrogen and oxygen atoms in total. The number of ketones is 1. The van der Waals surface area contributed by atoms with Crippen molar-refractivity contribution in [2.24, 2.45) is 0 Å². The number of para-hydroxylation sites is 1. The molecule has 1 saturated carbocycles. The number of benzene rings is 3. The maximum absolute atomic E-state index is 14.0. The van der Waals surface area contributed by atoms with Gasteiger partial charge < -0.3 is 14.4 Å².